The van der Waals surface area contributed by atoms with Crippen LogP contribution in [0.5, 0.6) is 0 Å². The quantitative estimate of drug-likeness (QED) is 0.630. The van der Waals surface area contributed by atoms with E-state index < -0.39 is 21.5 Å². The third kappa shape index (κ3) is 5.20. The summed E-state index contributed by atoms with van der Waals surface area (Å²) in [5.41, 5.74) is 0.171. The van der Waals surface area contributed by atoms with Crippen LogP contribution < -0.4 is 10.0 Å². The van der Waals surface area contributed by atoms with Crippen LogP contribution in [0.1, 0.15) is 38.2 Å². The molecular weight excluding hydrogens is 424 g/mol. The topological polar surface area (TPSA) is 102 Å². The van der Waals surface area contributed by atoms with E-state index in [4.69, 9.17) is 4.74 Å². The number of amides is 1. The summed E-state index contributed by atoms with van der Waals surface area (Å²) in [6, 6.07) is 9.83. The van der Waals surface area contributed by atoms with Crippen molar-refractivity contribution in [2.45, 2.75) is 48.8 Å². The van der Waals surface area contributed by atoms with Crippen molar-refractivity contribution in [1.82, 2.24) is 5.32 Å². The third-order valence-electron chi connectivity index (χ3n) is 5.41. The maximum atomic E-state index is 12.6. The van der Waals surface area contributed by atoms with Crippen molar-refractivity contribution >= 4 is 38.9 Å². The van der Waals surface area contributed by atoms with Gasteiger partial charge in [-0.1, -0.05) is 25.1 Å². The van der Waals surface area contributed by atoms with Crippen molar-refractivity contribution in [3.63, 3.8) is 0 Å². The Bertz CT molecular complexity index is 977. The van der Waals surface area contributed by atoms with Crippen LogP contribution in [0.3, 0.4) is 0 Å². The van der Waals surface area contributed by atoms with E-state index in [1.54, 1.807) is 35.7 Å². The van der Waals surface area contributed by atoms with Crippen LogP contribution in [0.15, 0.2) is 46.0 Å². The molecule has 9 heteroatoms. The molecule has 30 heavy (non-hydrogen) atoms. The van der Waals surface area contributed by atoms with E-state index in [9.17, 15) is 18.0 Å². The second-order valence-electron chi connectivity index (χ2n) is 7.72. The largest absolute Gasteiger partial charge is 0.467 e. The van der Waals surface area contributed by atoms with Crippen molar-refractivity contribution in [2.24, 2.45) is 5.92 Å². The number of methoxy groups -OCH3 is 1. The van der Waals surface area contributed by atoms with E-state index >= 15 is 0 Å². The number of thiophene rings is 1. The summed E-state index contributed by atoms with van der Waals surface area (Å²) in [7, 11) is -2.27. The Morgan fingerprint density at radius 2 is 1.83 bits per heavy atom. The van der Waals surface area contributed by atoms with Crippen LogP contribution in [0.25, 0.3) is 0 Å². The molecule has 1 aromatic carbocycles. The van der Waals surface area contributed by atoms with Crippen molar-refractivity contribution < 1.29 is 22.7 Å². The van der Waals surface area contributed by atoms with E-state index in [1.165, 1.54) is 13.2 Å². The smallest absolute Gasteiger partial charge is 0.331 e. The highest BCUT2D eigenvalue weighted by molar-refractivity contribution is 7.94. The summed E-state index contributed by atoms with van der Waals surface area (Å²) in [6.45, 7) is 2.14. The number of sulfonamides is 1. The van der Waals surface area contributed by atoms with Gasteiger partial charge in [-0.15, -0.1) is 11.3 Å². The molecule has 0 bridgehead atoms. The predicted octanol–water partition coefficient (Wildman–Crippen LogP) is 3.33. The van der Waals surface area contributed by atoms with Crippen molar-refractivity contribution in [1.29, 1.82) is 0 Å². The Morgan fingerprint density at radius 3 is 2.40 bits per heavy atom. The number of benzene rings is 1. The molecule has 1 aromatic heterocycles. The molecule has 0 aliphatic heterocycles. The molecule has 1 fully saturated rings. The highest BCUT2D eigenvalue weighted by Crippen LogP contribution is 2.33. The summed E-state index contributed by atoms with van der Waals surface area (Å²) >= 11 is 1.14. The minimum Gasteiger partial charge on any atom is -0.467 e. The van der Waals surface area contributed by atoms with Gasteiger partial charge >= 0.3 is 5.97 Å². The van der Waals surface area contributed by atoms with Crippen molar-refractivity contribution in [3.05, 3.63) is 47.3 Å². The number of rotatable bonds is 7. The number of nitrogens with one attached hydrogen (secondary N) is 2. The lowest BCUT2D eigenvalue weighted by Crippen LogP contribution is -2.57. The minimum absolute atomic E-state index is 0.0895. The lowest BCUT2D eigenvalue weighted by molar-refractivity contribution is -0.153. The number of ether oxygens (including phenoxy) is 1. The first kappa shape index (κ1) is 22.3. The average molecular weight is 451 g/mol. The fraction of sp³-hybridized carbons (Fsp3) is 0.429. The molecule has 1 aliphatic carbocycles. The molecule has 162 valence electrons. The number of carbonyl (C=O) groups excluding carboxylic acids is 2. The van der Waals surface area contributed by atoms with Crippen LogP contribution in [-0.2, 0) is 30.8 Å². The summed E-state index contributed by atoms with van der Waals surface area (Å²) < 4.78 is 32.3. The van der Waals surface area contributed by atoms with E-state index in [2.05, 4.69) is 17.0 Å². The van der Waals surface area contributed by atoms with Gasteiger partial charge in [0.2, 0.25) is 5.91 Å². The van der Waals surface area contributed by atoms with Gasteiger partial charge in [-0.05, 0) is 60.7 Å². The Labute approximate surface area is 180 Å². The monoisotopic (exact) mass is 450 g/mol. The van der Waals surface area contributed by atoms with Gasteiger partial charge in [0.05, 0.1) is 13.5 Å². The van der Waals surface area contributed by atoms with Gasteiger partial charge in [0, 0.05) is 5.69 Å². The van der Waals surface area contributed by atoms with Gasteiger partial charge < -0.3 is 10.1 Å². The molecule has 0 radical (unpaired) electrons. The Balaban J connectivity index is 1.63. The maximum Gasteiger partial charge on any atom is 0.331 e. The standard InChI is InChI=1S/C21H26N2O5S2/c1-15-9-11-21(12-10-15,20(25)28-2)22-18(24)14-16-5-7-17(8-6-16)23-30(26,27)19-4-3-13-29-19/h3-8,13,15,23H,9-12,14H2,1-2H3,(H,22,24). The van der Waals surface area contributed by atoms with Gasteiger partial charge in [0.1, 0.15) is 9.75 Å². The second-order valence-corrected chi connectivity index (χ2v) is 10.6. The molecule has 1 saturated carbocycles. The first-order chi connectivity index (χ1) is 14.2. The summed E-state index contributed by atoms with van der Waals surface area (Å²) in [6.07, 6.45) is 2.93. The summed E-state index contributed by atoms with van der Waals surface area (Å²) in [5, 5.41) is 4.60. The fourth-order valence-electron chi connectivity index (χ4n) is 3.64. The van der Waals surface area contributed by atoms with Crippen LogP contribution >= 0.6 is 11.3 Å². The van der Waals surface area contributed by atoms with Gasteiger partial charge in [0.15, 0.2) is 0 Å². The number of hydrogen-bond donors (Lipinski definition) is 2. The fourth-order valence-corrected chi connectivity index (χ4v) is 5.69. The zero-order valence-corrected chi connectivity index (χ0v) is 18.6. The molecule has 0 spiro atoms. The Kier molecular flexibility index (Phi) is 6.82. The van der Waals surface area contributed by atoms with Gasteiger partial charge in [-0.2, -0.15) is 0 Å². The number of carbonyl (C=O) groups is 2. The van der Waals surface area contributed by atoms with Gasteiger partial charge in [-0.3, -0.25) is 9.52 Å². The normalized spacial score (nSPS) is 21.6. The SMILES string of the molecule is COC(=O)C1(NC(=O)Cc2ccc(NS(=O)(=O)c3cccs3)cc2)CCC(C)CC1. The first-order valence-electron chi connectivity index (χ1n) is 9.79. The molecule has 1 amide bonds. The Hall–Kier alpha value is -2.39. The molecule has 7 nitrogen and oxygen atoms in total. The number of anilines is 1. The number of hydrogen-bond acceptors (Lipinski definition) is 6. The van der Waals surface area contributed by atoms with E-state index in [-0.39, 0.29) is 16.5 Å². The lowest BCUT2D eigenvalue weighted by Gasteiger charge is -2.37. The van der Waals surface area contributed by atoms with Crippen LogP contribution in [0.2, 0.25) is 0 Å². The summed E-state index contributed by atoms with van der Waals surface area (Å²) in [4.78, 5) is 25.0. The number of esters is 1. The van der Waals surface area contributed by atoms with Crippen LogP contribution in [0, 0.1) is 5.92 Å². The van der Waals surface area contributed by atoms with Crippen LogP contribution in [0.4, 0.5) is 5.69 Å². The maximum absolute atomic E-state index is 12.6. The van der Waals surface area contributed by atoms with E-state index in [1.807, 2.05) is 0 Å². The molecule has 3 rings (SSSR count). The highest BCUT2D eigenvalue weighted by atomic mass is 32.2. The van der Waals surface area contributed by atoms with E-state index in [0.717, 1.165) is 29.7 Å². The van der Waals surface area contributed by atoms with Crippen molar-refractivity contribution in [3.8, 4) is 0 Å². The molecule has 0 saturated heterocycles. The lowest BCUT2D eigenvalue weighted by atomic mass is 9.77. The van der Waals surface area contributed by atoms with E-state index in [0.29, 0.717) is 24.4 Å². The highest BCUT2D eigenvalue weighted by Gasteiger charge is 2.43. The Morgan fingerprint density at radius 1 is 1.17 bits per heavy atom. The van der Waals surface area contributed by atoms with Gasteiger partial charge in [0.25, 0.3) is 10.0 Å². The second kappa shape index (κ2) is 9.18. The summed E-state index contributed by atoms with van der Waals surface area (Å²) in [5.74, 6) is -0.145. The minimum atomic E-state index is -3.61. The molecule has 1 aliphatic rings. The third-order valence-corrected chi connectivity index (χ3v) is 8.19. The molecule has 0 unspecified atom stereocenters. The average Bonchev–Trinajstić information content (AvgIpc) is 3.26. The van der Waals surface area contributed by atoms with Crippen LogP contribution in [-0.4, -0.2) is 32.9 Å². The zero-order valence-electron chi connectivity index (χ0n) is 17.0. The predicted molar refractivity (Wildman–Crippen MR) is 116 cm³/mol. The molecule has 0 atom stereocenters. The first-order valence-corrected chi connectivity index (χ1v) is 12.1. The molecule has 1 heterocycles. The van der Waals surface area contributed by atoms with Crippen molar-refractivity contribution in [2.75, 3.05) is 11.8 Å². The van der Waals surface area contributed by atoms with Gasteiger partial charge in [-0.25, -0.2) is 13.2 Å². The zero-order chi connectivity index (χ0) is 21.8. The molecular formula is C21H26N2O5S2. The molecule has 2 aromatic rings. The molecule has 2 N–H and O–H groups in total.